The molecule has 5 nitrogen and oxygen atoms in total. The number of carbonyl (C=O) groups excluding carboxylic acids is 1. The van der Waals surface area contributed by atoms with Gasteiger partial charge in [-0.25, -0.2) is 9.07 Å². The van der Waals surface area contributed by atoms with Gasteiger partial charge in [0.1, 0.15) is 17.7 Å². The van der Waals surface area contributed by atoms with Crippen LogP contribution in [0.15, 0.2) is 60.8 Å². The first-order valence-corrected chi connectivity index (χ1v) is 11.1. The molecule has 1 aromatic heterocycles. The molecule has 1 atom stereocenters. The summed E-state index contributed by atoms with van der Waals surface area (Å²) >= 11 is 0. The van der Waals surface area contributed by atoms with Crippen molar-refractivity contribution < 1.29 is 14.5 Å². The van der Waals surface area contributed by atoms with Crippen molar-refractivity contribution in [2.75, 3.05) is 11.9 Å². The standard InChI is InChI=1S/C25H29FN4O/c1-2-18-10-12-19(13-11-18)25(20-6-5-7-21(26)16-20)27-17-24(31)29-23-14-15-28-30(23)22-8-3-4-9-22/h5-7,10-16,22,25,27H,2-4,8-9,17H2,1H3,(H,29,31)/p+1/t25-/m1/s1. The van der Waals surface area contributed by atoms with Crippen LogP contribution in [0.2, 0.25) is 0 Å². The van der Waals surface area contributed by atoms with Crippen LogP contribution in [0.1, 0.15) is 61.4 Å². The van der Waals surface area contributed by atoms with E-state index in [9.17, 15) is 9.18 Å². The van der Waals surface area contributed by atoms with E-state index < -0.39 is 0 Å². The minimum atomic E-state index is -0.272. The average molecular weight is 422 g/mol. The molecule has 0 saturated heterocycles. The minimum Gasteiger partial charge on any atom is -0.328 e. The third kappa shape index (κ3) is 5.20. The summed E-state index contributed by atoms with van der Waals surface area (Å²) in [6, 6.07) is 17.0. The van der Waals surface area contributed by atoms with Gasteiger partial charge in [-0.05, 0) is 37.0 Å². The van der Waals surface area contributed by atoms with Crippen LogP contribution in [0.3, 0.4) is 0 Å². The summed E-state index contributed by atoms with van der Waals surface area (Å²) in [5, 5.41) is 9.39. The Balaban J connectivity index is 1.47. The van der Waals surface area contributed by atoms with Gasteiger partial charge in [0.05, 0.1) is 12.2 Å². The molecule has 0 unspecified atom stereocenters. The highest BCUT2D eigenvalue weighted by atomic mass is 19.1. The zero-order valence-corrected chi connectivity index (χ0v) is 17.9. The van der Waals surface area contributed by atoms with Crippen LogP contribution >= 0.6 is 0 Å². The highest BCUT2D eigenvalue weighted by molar-refractivity contribution is 5.90. The molecule has 3 N–H and O–H groups in total. The van der Waals surface area contributed by atoms with Crippen LogP contribution in [-0.2, 0) is 11.2 Å². The number of quaternary nitrogens is 1. The topological polar surface area (TPSA) is 63.5 Å². The van der Waals surface area contributed by atoms with E-state index in [1.807, 2.05) is 22.1 Å². The van der Waals surface area contributed by atoms with Crippen molar-refractivity contribution in [3.05, 3.63) is 83.3 Å². The molecule has 0 radical (unpaired) electrons. The first kappa shape index (κ1) is 21.2. The second kappa shape index (κ2) is 9.88. The number of hydrogen-bond acceptors (Lipinski definition) is 2. The lowest BCUT2D eigenvalue weighted by Gasteiger charge is -2.18. The summed E-state index contributed by atoms with van der Waals surface area (Å²) in [5.74, 6) is 0.386. The fourth-order valence-electron chi connectivity index (χ4n) is 4.40. The Kier molecular flexibility index (Phi) is 6.77. The molecule has 1 aliphatic carbocycles. The van der Waals surface area contributed by atoms with E-state index in [0.717, 1.165) is 36.2 Å². The first-order valence-electron chi connectivity index (χ1n) is 11.1. The lowest BCUT2D eigenvalue weighted by atomic mass is 9.97. The zero-order valence-electron chi connectivity index (χ0n) is 17.9. The van der Waals surface area contributed by atoms with E-state index in [1.54, 1.807) is 18.3 Å². The summed E-state index contributed by atoms with van der Waals surface area (Å²) in [4.78, 5) is 12.8. The van der Waals surface area contributed by atoms with Crippen LogP contribution in [0, 0.1) is 5.82 Å². The summed E-state index contributed by atoms with van der Waals surface area (Å²) < 4.78 is 15.8. The fourth-order valence-corrected chi connectivity index (χ4v) is 4.40. The zero-order chi connectivity index (χ0) is 21.6. The van der Waals surface area contributed by atoms with E-state index in [0.29, 0.717) is 6.04 Å². The lowest BCUT2D eigenvalue weighted by molar-refractivity contribution is -0.676. The van der Waals surface area contributed by atoms with E-state index >= 15 is 0 Å². The smallest absolute Gasteiger partial charge is 0.280 e. The number of halogens is 1. The number of hydrogen-bond donors (Lipinski definition) is 2. The van der Waals surface area contributed by atoms with Gasteiger partial charge < -0.3 is 10.6 Å². The van der Waals surface area contributed by atoms with E-state index in [2.05, 4.69) is 41.6 Å². The lowest BCUT2D eigenvalue weighted by Crippen LogP contribution is -2.87. The van der Waals surface area contributed by atoms with Crippen molar-refractivity contribution in [2.45, 2.75) is 51.1 Å². The molecule has 1 aliphatic rings. The largest absolute Gasteiger partial charge is 0.328 e. The molecule has 3 aromatic rings. The third-order valence-electron chi connectivity index (χ3n) is 6.10. The van der Waals surface area contributed by atoms with E-state index in [4.69, 9.17) is 0 Å². The summed E-state index contributed by atoms with van der Waals surface area (Å²) in [6.07, 6.45) is 7.32. The Hall–Kier alpha value is -2.99. The quantitative estimate of drug-likeness (QED) is 0.578. The van der Waals surface area contributed by atoms with Crippen molar-refractivity contribution >= 4 is 11.7 Å². The fraction of sp³-hybridized carbons (Fsp3) is 0.360. The molecule has 1 amide bonds. The number of rotatable bonds is 8. The van der Waals surface area contributed by atoms with Crippen molar-refractivity contribution in [3.8, 4) is 0 Å². The minimum absolute atomic E-state index is 0.0914. The normalized spacial score (nSPS) is 15.2. The van der Waals surface area contributed by atoms with Crippen LogP contribution in [-0.4, -0.2) is 22.2 Å². The van der Waals surface area contributed by atoms with Gasteiger partial charge in [0, 0.05) is 17.2 Å². The van der Waals surface area contributed by atoms with E-state index in [1.165, 1.54) is 24.5 Å². The van der Waals surface area contributed by atoms with Gasteiger partial charge in [-0.15, -0.1) is 0 Å². The molecule has 31 heavy (non-hydrogen) atoms. The number of aromatic nitrogens is 2. The van der Waals surface area contributed by atoms with Gasteiger partial charge in [0.15, 0.2) is 6.54 Å². The Bertz CT molecular complexity index is 1010. The third-order valence-corrected chi connectivity index (χ3v) is 6.10. The maximum Gasteiger partial charge on any atom is 0.280 e. The molecule has 0 aliphatic heterocycles. The number of carbonyl (C=O) groups is 1. The number of nitrogens with two attached hydrogens (primary N) is 1. The Labute approximate surface area is 182 Å². The number of nitrogens with zero attached hydrogens (tertiary/aromatic N) is 2. The van der Waals surface area contributed by atoms with Gasteiger partial charge in [-0.1, -0.05) is 56.2 Å². The van der Waals surface area contributed by atoms with E-state index in [-0.39, 0.29) is 24.3 Å². The monoisotopic (exact) mass is 421 g/mol. The molecular weight excluding hydrogens is 391 g/mol. The molecule has 1 fully saturated rings. The first-order chi connectivity index (χ1) is 15.1. The molecule has 6 heteroatoms. The number of amides is 1. The number of nitrogens with one attached hydrogen (secondary N) is 1. The summed E-state index contributed by atoms with van der Waals surface area (Å²) in [5.41, 5.74) is 3.14. The highest BCUT2D eigenvalue weighted by Crippen LogP contribution is 2.31. The van der Waals surface area contributed by atoms with Crippen LogP contribution < -0.4 is 10.6 Å². The predicted molar refractivity (Wildman–Crippen MR) is 119 cm³/mol. The van der Waals surface area contributed by atoms with Gasteiger partial charge in [-0.3, -0.25) is 4.79 Å². The summed E-state index contributed by atoms with van der Waals surface area (Å²) in [7, 11) is 0. The van der Waals surface area contributed by atoms with Crippen molar-refractivity contribution in [1.82, 2.24) is 9.78 Å². The van der Waals surface area contributed by atoms with Gasteiger partial charge in [-0.2, -0.15) is 5.10 Å². The molecule has 1 heterocycles. The number of aryl methyl sites for hydroxylation is 1. The van der Waals surface area contributed by atoms with Gasteiger partial charge in [0.25, 0.3) is 5.91 Å². The van der Waals surface area contributed by atoms with Gasteiger partial charge >= 0.3 is 0 Å². The Morgan fingerprint density at radius 2 is 1.94 bits per heavy atom. The summed E-state index contributed by atoms with van der Waals surface area (Å²) in [6.45, 7) is 2.35. The molecule has 1 saturated carbocycles. The number of benzene rings is 2. The number of anilines is 1. The predicted octanol–water partition coefficient (Wildman–Crippen LogP) is 3.99. The van der Waals surface area contributed by atoms with Crippen LogP contribution in [0.25, 0.3) is 0 Å². The van der Waals surface area contributed by atoms with Crippen LogP contribution in [0.5, 0.6) is 0 Å². The molecule has 2 aromatic carbocycles. The maximum absolute atomic E-state index is 13.9. The SMILES string of the molecule is CCc1ccc([C@@H]([NH2+]CC(=O)Nc2ccnn2C2CCCC2)c2cccc(F)c2)cc1. The second-order valence-corrected chi connectivity index (χ2v) is 8.22. The van der Waals surface area contributed by atoms with Crippen molar-refractivity contribution in [1.29, 1.82) is 0 Å². The van der Waals surface area contributed by atoms with Gasteiger partial charge in [0.2, 0.25) is 0 Å². The molecular formula is C25H30FN4O+. The average Bonchev–Trinajstić information content (AvgIpc) is 3.46. The molecule has 0 bridgehead atoms. The Morgan fingerprint density at radius 1 is 1.16 bits per heavy atom. The molecule has 0 spiro atoms. The molecule has 4 rings (SSSR count). The van der Waals surface area contributed by atoms with Crippen LogP contribution in [0.4, 0.5) is 10.2 Å². The Morgan fingerprint density at radius 3 is 2.65 bits per heavy atom. The molecule has 162 valence electrons. The van der Waals surface area contributed by atoms with Crippen molar-refractivity contribution in [2.24, 2.45) is 0 Å². The van der Waals surface area contributed by atoms with Crippen molar-refractivity contribution in [3.63, 3.8) is 0 Å². The maximum atomic E-state index is 13.9. The highest BCUT2D eigenvalue weighted by Gasteiger charge is 2.22. The second-order valence-electron chi connectivity index (χ2n) is 8.22.